The largest absolute Gasteiger partial charge is 0.323 e. The first-order valence-corrected chi connectivity index (χ1v) is 10.4. The average Bonchev–Trinajstić information content (AvgIpc) is 2.66. The molecule has 3 aromatic carbocycles. The van der Waals surface area contributed by atoms with E-state index in [1.54, 1.807) is 18.2 Å². The molecule has 3 N–H and O–H groups in total. The second kappa shape index (κ2) is 8.69. The van der Waals surface area contributed by atoms with E-state index < -0.39 is 21.9 Å². The smallest absolute Gasteiger partial charge is 0.306 e. The zero-order valence-corrected chi connectivity index (χ0v) is 16.9. The number of urea groups is 1. The highest BCUT2D eigenvalue weighted by Crippen LogP contribution is 2.27. The molecule has 0 aliphatic heterocycles. The van der Waals surface area contributed by atoms with Crippen LogP contribution in [0.4, 0.5) is 26.2 Å². The number of amides is 2. The van der Waals surface area contributed by atoms with Gasteiger partial charge in [-0.3, -0.25) is 4.72 Å². The van der Waals surface area contributed by atoms with Crippen LogP contribution in [0.1, 0.15) is 0 Å². The molecule has 0 aliphatic rings. The van der Waals surface area contributed by atoms with Gasteiger partial charge in [0.05, 0.1) is 27.0 Å². The molecule has 0 aromatic heterocycles. The van der Waals surface area contributed by atoms with E-state index in [1.165, 1.54) is 24.3 Å². The normalized spacial score (nSPS) is 11.0. The lowest BCUT2D eigenvalue weighted by Crippen LogP contribution is -2.21. The number of halogens is 3. The van der Waals surface area contributed by atoms with Crippen LogP contribution < -0.4 is 15.4 Å². The van der Waals surface area contributed by atoms with Gasteiger partial charge in [-0.1, -0.05) is 35.3 Å². The van der Waals surface area contributed by atoms with Gasteiger partial charge in [0.2, 0.25) is 0 Å². The van der Waals surface area contributed by atoms with E-state index in [2.05, 4.69) is 15.4 Å². The summed E-state index contributed by atoms with van der Waals surface area (Å²) in [4.78, 5) is 12.2. The van der Waals surface area contributed by atoms with E-state index in [4.69, 9.17) is 23.2 Å². The Hall–Kier alpha value is -2.81. The minimum atomic E-state index is -3.98. The molecule has 0 heterocycles. The van der Waals surface area contributed by atoms with Crippen molar-refractivity contribution in [2.45, 2.75) is 4.90 Å². The Kier molecular flexibility index (Phi) is 6.26. The van der Waals surface area contributed by atoms with Crippen molar-refractivity contribution in [3.8, 4) is 0 Å². The third kappa shape index (κ3) is 5.38. The summed E-state index contributed by atoms with van der Waals surface area (Å²) in [5.74, 6) is -0.552. The number of para-hydroxylation sites is 2. The summed E-state index contributed by atoms with van der Waals surface area (Å²) in [6.07, 6.45) is 0. The van der Waals surface area contributed by atoms with Gasteiger partial charge in [0.15, 0.2) is 0 Å². The molecule has 0 bridgehead atoms. The van der Waals surface area contributed by atoms with Crippen LogP contribution >= 0.6 is 23.2 Å². The summed E-state index contributed by atoms with van der Waals surface area (Å²) in [6, 6.07) is 14.5. The number of nitrogens with one attached hydrogen (secondary N) is 3. The number of carbonyl (C=O) groups is 1. The number of hydrogen-bond donors (Lipinski definition) is 3. The zero-order valence-electron chi connectivity index (χ0n) is 14.6. The van der Waals surface area contributed by atoms with E-state index in [-0.39, 0.29) is 21.3 Å². The van der Waals surface area contributed by atoms with Crippen molar-refractivity contribution in [2.24, 2.45) is 0 Å². The molecule has 29 heavy (non-hydrogen) atoms. The standard InChI is InChI=1S/C19H14Cl2FN3O3S/c20-12-5-10-16(15(21)11-12)23-19(26)24-17-3-1-2-4-18(17)25-29(27,28)14-8-6-13(22)7-9-14/h1-11,25H,(H2,23,24,26). The average molecular weight is 454 g/mol. The summed E-state index contributed by atoms with van der Waals surface area (Å²) in [5.41, 5.74) is 0.674. The van der Waals surface area contributed by atoms with Crippen molar-refractivity contribution in [1.82, 2.24) is 0 Å². The quantitative estimate of drug-likeness (QED) is 0.471. The number of anilines is 3. The Labute approximate surface area is 176 Å². The Morgan fingerprint density at radius 2 is 1.45 bits per heavy atom. The van der Waals surface area contributed by atoms with Crippen molar-refractivity contribution in [3.63, 3.8) is 0 Å². The van der Waals surface area contributed by atoms with Crippen molar-refractivity contribution in [2.75, 3.05) is 15.4 Å². The molecule has 0 atom stereocenters. The van der Waals surface area contributed by atoms with E-state index in [1.807, 2.05) is 0 Å². The van der Waals surface area contributed by atoms with Gasteiger partial charge in [0.1, 0.15) is 5.82 Å². The number of benzene rings is 3. The van der Waals surface area contributed by atoms with Crippen LogP contribution in [0, 0.1) is 5.82 Å². The molecule has 3 aromatic rings. The monoisotopic (exact) mass is 453 g/mol. The van der Waals surface area contributed by atoms with Crippen LogP contribution in [-0.4, -0.2) is 14.4 Å². The van der Waals surface area contributed by atoms with Crippen LogP contribution in [-0.2, 0) is 10.0 Å². The Balaban J connectivity index is 1.78. The van der Waals surface area contributed by atoms with E-state index in [9.17, 15) is 17.6 Å². The highest BCUT2D eigenvalue weighted by Gasteiger charge is 2.17. The fourth-order valence-corrected chi connectivity index (χ4v) is 3.90. The molecule has 0 aliphatic carbocycles. The lowest BCUT2D eigenvalue weighted by Gasteiger charge is -2.14. The van der Waals surface area contributed by atoms with Crippen LogP contribution in [0.5, 0.6) is 0 Å². The Morgan fingerprint density at radius 1 is 0.828 bits per heavy atom. The fraction of sp³-hybridized carbons (Fsp3) is 0. The number of sulfonamides is 1. The van der Waals surface area contributed by atoms with E-state index >= 15 is 0 Å². The molecule has 0 saturated carbocycles. The molecule has 10 heteroatoms. The molecular weight excluding hydrogens is 440 g/mol. The third-order valence-corrected chi connectivity index (χ3v) is 5.65. The Morgan fingerprint density at radius 3 is 2.10 bits per heavy atom. The van der Waals surface area contributed by atoms with Crippen molar-refractivity contribution in [3.05, 3.63) is 82.6 Å². The van der Waals surface area contributed by atoms with E-state index in [0.717, 1.165) is 24.3 Å². The van der Waals surface area contributed by atoms with Crippen LogP contribution in [0.25, 0.3) is 0 Å². The molecule has 0 spiro atoms. The predicted octanol–water partition coefficient (Wildman–Crippen LogP) is 5.58. The summed E-state index contributed by atoms with van der Waals surface area (Å²) in [5, 5.41) is 5.78. The third-order valence-electron chi connectivity index (χ3n) is 3.72. The van der Waals surface area contributed by atoms with Gasteiger partial charge in [-0.25, -0.2) is 17.6 Å². The van der Waals surface area contributed by atoms with Gasteiger partial charge in [-0.15, -0.1) is 0 Å². The summed E-state index contributed by atoms with van der Waals surface area (Å²) in [7, 11) is -3.98. The van der Waals surface area contributed by atoms with Crippen LogP contribution in [0.15, 0.2) is 71.6 Å². The van der Waals surface area contributed by atoms with Crippen molar-refractivity contribution >= 4 is 56.3 Å². The van der Waals surface area contributed by atoms with Gasteiger partial charge in [0.25, 0.3) is 10.0 Å². The predicted molar refractivity (Wildman–Crippen MR) is 113 cm³/mol. The molecule has 0 saturated heterocycles. The maximum atomic E-state index is 13.1. The second-order valence-electron chi connectivity index (χ2n) is 5.81. The molecule has 0 radical (unpaired) electrons. The number of carbonyl (C=O) groups excluding carboxylic acids is 1. The summed E-state index contributed by atoms with van der Waals surface area (Å²) < 4.78 is 40.5. The van der Waals surface area contributed by atoms with Gasteiger partial charge in [-0.05, 0) is 54.6 Å². The highest BCUT2D eigenvalue weighted by molar-refractivity contribution is 7.92. The molecule has 150 valence electrons. The maximum absolute atomic E-state index is 13.1. The molecule has 2 amide bonds. The topological polar surface area (TPSA) is 87.3 Å². The van der Waals surface area contributed by atoms with Crippen molar-refractivity contribution < 1.29 is 17.6 Å². The summed E-state index contributed by atoms with van der Waals surface area (Å²) >= 11 is 11.9. The highest BCUT2D eigenvalue weighted by atomic mass is 35.5. The molecular formula is C19H14Cl2FN3O3S. The lowest BCUT2D eigenvalue weighted by molar-refractivity contribution is 0.262. The Bertz CT molecular complexity index is 1160. The number of rotatable bonds is 5. The maximum Gasteiger partial charge on any atom is 0.323 e. The van der Waals surface area contributed by atoms with Gasteiger partial charge < -0.3 is 10.6 Å². The minimum Gasteiger partial charge on any atom is -0.306 e. The minimum absolute atomic E-state index is 0.119. The van der Waals surface area contributed by atoms with Crippen molar-refractivity contribution in [1.29, 1.82) is 0 Å². The first kappa shape index (κ1) is 20.9. The van der Waals surface area contributed by atoms with E-state index in [0.29, 0.717) is 10.7 Å². The van der Waals surface area contributed by atoms with Gasteiger partial charge in [0, 0.05) is 5.02 Å². The fourth-order valence-electron chi connectivity index (χ4n) is 2.37. The van der Waals surface area contributed by atoms with Crippen LogP contribution in [0.3, 0.4) is 0 Å². The summed E-state index contributed by atoms with van der Waals surface area (Å²) in [6.45, 7) is 0. The second-order valence-corrected chi connectivity index (χ2v) is 8.33. The van der Waals surface area contributed by atoms with Gasteiger partial charge >= 0.3 is 6.03 Å². The molecule has 6 nitrogen and oxygen atoms in total. The molecule has 0 unspecified atom stereocenters. The molecule has 3 rings (SSSR count). The zero-order chi connectivity index (χ0) is 21.0. The first-order valence-electron chi connectivity index (χ1n) is 8.15. The SMILES string of the molecule is O=C(Nc1ccc(Cl)cc1Cl)Nc1ccccc1NS(=O)(=O)c1ccc(F)cc1. The van der Waals surface area contributed by atoms with Gasteiger partial charge in [-0.2, -0.15) is 0 Å². The number of hydrogen-bond acceptors (Lipinski definition) is 3. The lowest BCUT2D eigenvalue weighted by atomic mass is 10.3. The first-order chi connectivity index (χ1) is 13.7. The van der Waals surface area contributed by atoms with Crippen LogP contribution in [0.2, 0.25) is 10.0 Å². The molecule has 0 fully saturated rings.